The van der Waals surface area contributed by atoms with Crippen LogP contribution in [-0.4, -0.2) is 53.0 Å². The van der Waals surface area contributed by atoms with E-state index in [1.54, 1.807) is 13.8 Å². The molecule has 3 amide bonds. The number of rotatable bonds is 12. The van der Waals surface area contributed by atoms with E-state index in [2.05, 4.69) is 16.0 Å². The molecule has 0 saturated heterocycles. The molecule has 0 aromatic rings. The molecule has 9 nitrogen and oxygen atoms in total. The van der Waals surface area contributed by atoms with Crippen molar-refractivity contribution in [2.24, 2.45) is 23.5 Å². The smallest absolute Gasteiger partial charge is 0.326 e. The Labute approximate surface area is 173 Å². The Hall–Kier alpha value is -2.16. The molecule has 0 aliphatic carbocycles. The quantitative estimate of drug-likeness (QED) is 0.316. The minimum atomic E-state index is -1.12. The summed E-state index contributed by atoms with van der Waals surface area (Å²) in [6.07, 6.45) is 0.611. The first kappa shape index (κ1) is 26.8. The van der Waals surface area contributed by atoms with E-state index in [1.807, 2.05) is 27.7 Å². The fraction of sp³-hybridized carbons (Fsp3) is 0.800. The molecule has 0 aliphatic heterocycles. The highest BCUT2D eigenvalue weighted by atomic mass is 16.4. The normalized spacial score (nSPS) is 15.6. The van der Waals surface area contributed by atoms with Crippen molar-refractivity contribution in [2.75, 3.05) is 0 Å². The maximum Gasteiger partial charge on any atom is 0.326 e. The zero-order chi connectivity index (χ0) is 22.9. The third-order valence-corrected chi connectivity index (χ3v) is 4.32. The van der Waals surface area contributed by atoms with Gasteiger partial charge in [-0.1, -0.05) is 41.5 Å². The van der Waals surface area contributed by atoms with Crippen LogP contribution in [0.15, 0.2) is 0 Å². The number of nitrogens with one attached hydrogen (secondary N) is 3. The molecule has 0 aromatic heterocycles. The summed E-state index contributed by atoms with van der Waals surface area (Å²) in [5.41, 5.74) is 5.56. The van der Waals surface area contributed by atoms with Crippen molar-refractivity contribution >= 4 is 23.7 Å². The highest BCUT2D eigenvalue weighted by Gasteiger charge is 2.31. The van der Waals surface area contributed by atoms with Crippen LogP contribution in [0.25, 0.3) is 0 Å². The first-order valence-corrected chi connectivity index (χ1v) is 10.2. The first-order chi connectivity index (χ1) is 13.3. The Morgan fingerprint density at radius 2 is 1.17 bits per heavy atom. The molecule has 0 bridgehead atoms. The summed E-state index contributed by atoms with van der Waals surface area (Å²) in [5.74, 6) is -2.72. The average Bonchev–Trinajstić information content (AvgIpc) is 2.56. The van der Waals surface area contributed by atoms with E-state index in [0.717, 1.165) is 0 Å². The molecule has 0 aromatic carbocycles. The van der Waals surface area contributed by atoms with Crippen molar-refractivity contribution in [1.82, 2.24) is 16.0 Å². The van der Waals surface area contributed by atoms with E-state index in [9.17, 15) is 24.3 Å². The van der Waals surface area contributed by atoms with Gasteiger partial charge in [-0.3, -0.25) is 14.4 Å². The summed E-state index contributed by atoms with van der Waals surface area (Å²) in [5, 5.41) is 17.2. The second kappa shape index (κ2) is 12.4. The molecular weight excluding hydrogens is 376 g/mol. The predicted molar refractivity (Wildman–Crippen MR) is 111 cm³/mol. The molecule has 0 spiro atoms. The highest BCUT2D eigenvalue weighted by Crippen LogP contribution is 2.10. The van der Waals surface area contributed by atoms with E-state index in [1.165, 1.54) is 6.92 Å². The van der Waals surface area contributed by atoms with Crippen molar-refractivity contribution in [3.8, 4) is 0 Å². The lowest BCUT2D eigenvalue weighted by Crippen LogP contribution is -2.58. The molecule has 0 unspecified atom stereocenters. The Kier molecular flexibility index (Phi) is 11.5. The Bertz CT molecular complexity index is 575. The third kappa shape index (κ3) is 10.3. The monoisotopic (exact) mass is 414 g/mol. The molecular formula is C20H38N4O5. The molecule has 0 radical (unpaired) electrons. The predicted octanol–water partition coefficient (Wildman–Crippen LogP) is 0.621. The lowest BCUT2D eigenvalue weighted by Gasteiger charge is -2.27. The van der Waals surface area contributed by atoms with Gasteiger partial charge in [0.05, 0.1) is 6.04 Å². The highest BCUT2D eigenvalue weighted by molar-refractivity contribution is 5.94. The number of hydrogen-bond donors (Lipinski definition) is 5. The van der Waals surface area contributed by atoms with Gasteiger partial charge in [-0.15, -0.1) is 0 Å². The van der Waals surface area contributed by atoms with Crippen molar-refractivity contribution < 1.29 is 24.3 Å². The number of carbonyl (C=O) groups is 4. The standard InChI is InChI=1S/C20H38N4O5/c1-10(2)8-14(18(26)23-15(20(28)29)9-11(3)4)22-19(27)16(12(5)6)24-17(25)13(7)21/h10-16H,8-9,21H2,1-7H3,(H,22,27)(H,23,26)(H,24,25)(H,28,29)/t13-,14-,15-,16-/m0/s1. The van der Waals surface area contributed by atoms with E-state index in [-0.39, 0.29) is 24.2 Å². The van der Waals surface area contributed by atoms with E-state index < -0.39 is 47.9 Å². The van der Waals surface area contributed by atoms with Crippen LogP contribution in [0.1, 0.15) is 61.3 Å². The van der Waals surface area contributed by atoms with Crippen LogP contribution < -0.4 is 21.7 Å². The van der Waals surface area contributed by atoms with Gasteiger partial charge in [0.2, 0.25) is 17.7 Å². The van der Waals surface area contributed by atoms with Gasteiger partial charge in [0.1, 0.15) is 18.1 Å². The molecule has 0 heterocycles. The van der Waals surface area contributed by atoms with Gasteiger partial charge >= 0.3 is 5.97 Å². The van der Waals surface area contributed by atoms with Crippen LogP contribution in [0.2, 0.25) is 0 Å². The molecule has 0 fully saturated rings. The second-order valence-corrected chi connectivity index (χ2v) is 8.74. The molecule has 6 N–H and O–H groups in total. The molecule has 4 atom stereocenters. The van der Waals surface area contributed by atoms with Gasteiger partial charge in [0.15, 0.2) is 0 Å². The van der Waals surface area contributed by atoms with Crippen LogP contribution in [0.4, 0.5) is 0 Å². The summed E-state index contributed by atoms with van der Waals surface area (Å²) >= 11 is 0. The zero-order valence-electron chi connectivity index (χ0n) is 18.6. The largest absolute Gasteiger partial charge is 0.480 e. The summed E-state index contributed by atoms with van der Waals surface area (Å²) in [6, 6.07) is -3.58. The van der Waals surface area contributed by atoms with Crippen molar-refractivity contribution in [1.29, 1.82) is 0 Å². The minimum absolute atomic E-state index is 0.0772. The lowest BCUT2D eigenvalue weighted by molar-refractivity contribution is -0.143. The van der Waals surface area contributed by atoms with Crippen LogP contribution in [0.3, 0.4) is 0 Å². The van der Waals surface area contributed by atoms with Gasteiger partial charge in [0, 0.05) is 0 Å². The maximum absolute atomic E-state index is 12.8. The fourth-order valence-corrected chi connectivity index (χ4v) is 2.75. The SMILES string of the molecule is CC(C)C[C@H](NC(=O)[C@H](CC(C)C)NC(=O)[C@@H](NC(=O)[C@H](C)N)C(C)C)C(=O)O. The topological polar surface area (TPSA) is 151 Å². The van der Waals surface area contributed by atoms with Crippen LogP contribution in [-0.2, 0) is 19.2 Å². The average molecular weight is 415 g/mol. The molecule has 9 heteroatoms. The molecule has 0 rings (SSSR count). The molecule has 0 saturated carbocycles. The van der Waals surface area contributed by atoms with Gasteiger partial charge in [-0.2, -0.15) is 0 Å². The molecule has 0 aliphatic rings. The van der Waals surface area contributed by atoms with Crippen LogP contribution in [0.5, 0.6) is 0 Å². The van der Waals surface area contributed by atoms with Gasteiger partial charge in [-0.05, 0) is 37.5 Å². The maximum atomic E-state index is 12.8. The van der Waals surface area contributed by atoms with Gasteiger partial charge in [-0.25, -0.2) is 4.79 Å². The number of carboxylic acids is 1. The Morgan fingerprint density at radius 3 is 1.55 bits per heavy atom. The third-order valence-electron chi connectivity index (χ3n) is 4.32. The van der Waals surface area contributed by atoms with E-state index >= 15 is 0 Å². The van der Waals surface area contributed by atoms with E-state index in [4.69, 9.17) is 5.73 Å². The molecule has 168 valence electrons. The summed E-state index contributed by atoms with van der Waals surface area (Å²) in [6.45, 7) is 12.6. The Balaban J connectivity index is 5.38. The number of aliphatic carboxylic acids is 1. The van der Waals surface area contributed by atoms with Crippen LogP contribution >= 0.6 is 0 Å². The van der Waals surface area contributed by atoms with Crippen molar-refractivity contribution in [3.05, 3.63) is 0 Å². The second-order valence-electron chi connectivity index (χ2n) is 8.74. The molecule has 29 heavy (non-hydrogen) atoms. The first-order valence-electron chi connectivity index (χ1n) is 10.2. The minimum Gasteiger partial charge on any atom is -0.480 e. The van der Waals surface area contributed by atoms with Gasteiger partial charge < -0.3 is 26.8 Å². The van der Waals surface area contributed by atoms with Crippen molar-refractivity contribution in [3.63, 3.8) is 0 Å². The van der Waals surface area contributed by atoms with Crippen LogP contribution in [0, 0.1) is 17.8 Å². The number of hydrogen-bond acceptors (Lipinski definition) is 5. The number of carbonyl (C=O) groups excluding carboxylic acids is 3. The van der Waals surface area contributed by atoms with Gasteiger partial charge in [0.25, 0.3) is 0 Å². The van der Waals surface area contributed by atoms with E-state index in [0.29, 0.717) is 6.42 Å². The summed E-state index contributed by atoms with van der Waals surface area (Å²) < 4.78 is 0. The Morgan fingerprint density at radius 1 is 0.724 bits per heavy atom. The number of nitrogens with two attached hydrogens (primary N) is 1. The summed E-state index contributed by atoms with van der Waals surface area (Å²) in [4.78, 5) is 48.9. The zero-order valence-corrected chi connectivity index (χ0v) is 18.6. The summed E-state index contributed by atoms with van der Waals surface area (Å²) in [7, 11) is 0. The van der Waals surface area contributed by atoms with Crippen molar-refractivity contribution in [2.45, 2.75) is 85.5 Å². The fourth-order valence-electron chi connectivity index (χ4n) is 2.75. The number of amides is 3. The lowest BCUT2D eigenvalue weighted by atomic mass is 9.98. The number of carboxylic acid groups (broad SMARTS) is 1.